The number of para-hydroxylation sites is 1. The van der Waals surface area contributed by atoms with Crippen molar-refractivity contribution in [2.24, 2.45) is 0 Å². The Hall–Kier alpha value is -3.14. The summed E-state index contributed by atoms with van der Waals surface area (Å²) in [7, 11) is -3.61. The predicted molar refractivity (Wildman–Crippen MR) is 127 cm³/mol. The lowest BCUT2D eigenvalue weighted by atomic mass is 10.2. The normalized spacial score (nSPS) is 12.6. The zero-order valence-electron chi connectivity index (χ0n) is 17.6. The van der Waals surface area contributed by atoms with Crippen LogP contribution in [0.4, 0.5) is 5.82 Å². The van der Waals surface area contributed by atoms with E-state index in [0.717, 1.165) is 20.8 Å². The van der Waals surface area contributed by atoms with E-state index in [1.165, 1.54) is 24.3 Å². The maximum absolute atomic E-state index is 12.5. The summed E-state index contributed by atoms with van der Waals surface area (Å²) in [6.07, 6.45) is 2.36. The summed E-state index contributed by atoms with van der Waals surface area (Å²) in [5.74, 6) is 0.0269. The number of hydrogen-bond acceptors (Lipinski definition) is 6. The Kier molecular flexibility index (Phi) is 6.31. The number of nitrogens with one attached hydrogen (secondary N) is 2. The summed E-state index contributed by atoms with van der Waals surface area (Å²) in [4.78, 5) is 21.6. The van der Waals surface area contributed by atoms with Crippen LogP contribution in [0.15, 0.2) is 71.8 Å². The summed E-state index contributed by atoms with van der Waals surface area (Å²) in [6, 6.07) is 17.1. The Balaban J connectivity index is 1.44. The van der Waals surface area contributed by atoms with Crippen molar-refractivity contribution in [3.8, 4) is 10.6 Å². The van der Waals surface area contributed by atoms with Crippen LogP contribution in [0.5, 0.6) is 0 Å². The van der Waals surface area contributed by atoms with Crippen molar-refractivity contribution in [2.45, 2.75) is 31.2 Å². The van der Waals surface area contributed by atoms with Crippen molar-refractivity contribution in [3.05, 3.63) is 72.4 Å². The topological polar surface area (TPSA) is 101 Å². The fourth-order valence-electron chi connectivity index (χ4n) is 2.98. The van der Waals surface area contributed by atoms with Gasteiger partial charge >= 0.3 is 0 Å². The van der Waals surface area contributed by atoms with Crippen LogP contribution in [-0.4, -0.2) is 30.3 Å². The number of nitrogens with zero attached hydrogens (tertiary/aromatic N) is 2. The monoisotopic (exact) mass is 466 g/mol. The van der Waals surface area contributed by atoms with Crippen molar-refractivity contribution in [1.82, 2.24) is 14.7 Å². The lowest BCUT2D eigenvalue weighted by Gasteiger charge is -2.12. The summed E-state index contributed by atoms with van der Waals surface area (Å²) in [5, 5.41) is 3.59. The van der Waals surface area contributed by atoms with E-state index in [1.54, 1.807) is 30.5 Å². The van der Waals surface area contributed by atoms with Gasteiger partial charge in [-0.15, -0.1) is 11.3 Å². The fourth-order valence-corrected chi connectivity index (χ4v) is 5.26. The Morgan fingerprint density at radius 3 is 2.47 bits per heavy atom. The maximum Gasteiger partial charge on any atom is 0.256 e. The maximum atomic E-state index is 12.5. The first kappa shape index (κ1) is 22.1. The number of sulfonamides is 1. The van der Waals surface area contributed by atoms with Crippen LogP contribution in [0, 0.1) is 0 Å². The average Bonchev–Trinajstić information content (AvgIpc) is 3.23. The van der Waals surface area contributed by atoms with Crippen LogP contribution >= 0.6 is 11.3 Å². The van der Waals surface area contributed by atoms with Gasteiger partial charge in [0.15, 0.2) is 0 Å². The molecule has 1 atom stereocenters. The molecule has 2 heterocycles. The highest BCUT2D eigenvalue weighted by atomic mass is 32.2. The van der Waals surface area contributed by atoms with Gasteiger partial charge in [-0.3, -0.25) is 4.79 Å². The van der Waals surface area contributed by atoms with Crippen LogP contribution < -0.4 is 10.0 Å². The van der Waals surface area contributed by atoms with Crippen molar-refractivity contribution in [2.75, 3.05) is 5.32 Å². The number of anilines is 1. The number of rotatable bonds is 7. The quantitative estimate of drug-likeness (QED) is 0.412. The SMILES string of the molecule is CCC(C)NS(=O)(=O)c1ccc(C(=O)Nc2ccc(-c3nc4ccccc4s3)cn2)cc1. The predicted octanol–water partition coefficient (Wildman–Crippen LogP) is 4.69. The van der Waals surface area contributed by atoms with E-state index in [0.29, 0.717) is 17.8 Å². The van der Waals surface area contributed by atoms with Gasteiger partial charge in [-0.1, -0.05) is 19.1 Å². The van der Waals surface area contributed by atoms with Gasteiger partial charge in [-0.05, 0) is 61.9 Å². The molecule has 0 aliphatic rings. The zero-order chi connectivity index (χ0) is 22.7. The Labute approximate surface area is 190 Å². The molecule has 4 rings (SSSR count). The molecule has 0 bridgehead atoms. The van der Waals surface area contributed by atoms with E-state index >= 15 is 0 Å². The number of benzene rings is 2. The van der Waals surface area contributed by atoms with Crippen LogP contribution in [0.3, 0.4) is 0 Å². The van der Waals surface area contributed by atoms with E-state index in [9.17, 15) is 13.2 Å². The smallest absolute Gasteiger partial charge is 0.256 e. The molecule has 9 heteroatoms. The summed E-state index contributed by atoms with van der Waals surface area (Å²) >= 11 is 1.58. The largest absolute Gasteiger partial charge is 0.307 e. The van der Waals surface area contributed by atoms with E-state index in [2.05, 4.69) is 20.0 Å². The highest BCUT2D eigenvalue weighted by molar-refractivity contribution is 7.89. The third kappa shape index (κ3) is 4.85. The Morgan fingerprint density at radius 2 is 1.81 bits per heavy atom. The molecule has 32 heavy (non-hydrogen) atoms. The fraction of sp³-hybridized carbons (Fsp3) is 0.174. The molecule has 164 valence electrons. The van der Waals surface area contributed by atoms with Gasteiger partial charge in [0, 0.05) is 23.4 Å². The van der Waals surface area contributed by atoms with Crippen LogP contribution in [0.1, 0.15) is 30.6 Å². The van der Waals surface area contributed by atoms with Crippen molar-refractivity contribution in [1.29, 1.82) is 0 Å². The standard InChI is InChI=1S/C23H22N4O3S2/c1-3-15(2)27-32(29,30)18-11-8-16(9-12-18)22(28)26-21-13-10-17(14-24-21)23-25-19-6-4-5-7-20(19)31-23/h4-15,27H,3H2,1-2H3,(H,24,26,28). The average molecular weight is 467 g/mol. The first-order valence-corrected chi connectivity index (χ1v) is 12.4. The van der Waals surface area contributed by atoms with E-state index in [1.807, 2.05) is 37.3 Å². The number of aromatic nitrogens is 2. The van der Waals surface area contributed by atoms with Gasteiger partial charge in [0.2, 0.25) is 10.0 Å². The van der Waals surface area contributed by atoms with Crippen molar-refractivity contribution in [3.63, 3.8) is 0 Å². The molecule has 0 spiro atoms. The Bertz CT molecular complexity index is 1320. The van der Waals surface area contributed by atoms with E-state index in [-0.39, 0.29) is 16.8 Å². The number of thiazole rings is 1. The van der Waals surface area contributed by atoms with Gasteiger partial charge in [0.25, 0.3) is 5.91 Å². The molecule has 1 unspecified atom stereocenters. The second-order valence-electron chi connectivity index (χ2n) is 7.33. The molecule has 1 amide bonds. The van der Waals surface area contributed by atoms with Gasteiger partial charge < -0.3 is 5.32 Å². The number of amides is 1. The summed E-state index contributed by atoms with van der Waals surface area (Å²) < 4.78 is 28.4. The minimum absolute atomic E-state index is 0.118. The molecule has 0 fully saturated rings. The molecular formula is C23H22N4O3S2. The second kappa shape index (κ2) is 9.15. The van der Waals surface area contributed by atoms with Gasteiger partial charge in [-0.2, -0.15) is 0 Å². The third-order valence-corrected chi connectivity index (χ3v) is 7.63. The molecule has 2 aromatic heterocycles. The van der Waals surface area contributed by atoms with Crippen LogP contribution in [0.25, 0.3) is 20.8 Å². The highest BCUT2D eigenvalue weighted by Gasteiger charge is 2.17. The Morgan fingerprint density at radius 1 is 1.06 bits per heavy atom. The summed E-state index contributed by atoms with van der Waals surface area (Å²) in [5.41, 5.74) is 2.15. The minimum atomic E-state index is -3.61. The molecule has 0 aliphatic carbocycles. The van der Waals surface area contributed by atoms with E-state index < -0.39 is 10.0 Å². The number of fused-ring (bicyclic) bond motifs is 1. The molecule has 7 nitrogen and oxygen atoms in total. The minimum Gasteiger partial charge on any atom is -0.307 e. The van der Waals surface area contributed by atoms with Gasteiger partial charge in [0.1, 0.15) is 10.8 Å². The first-order valence-electron chi connectivity index (χ1n) is 10.1. The second-order valence-corrected chi connectivity index (χ2v) is 10.1. The van der Waals surface area contributed by atoms with Gasteiger partial charge in [0.05, 0.1) is 15.1 Å². The van der Waals surface area contributed by atoms with Crippen molar-refractivity contribution < 1.29 is 13.2 Å². The lowest BCUT2D eigenvalue weighted by Crippen LogP contribution is -2.32. The molecule has 4 aromatic rings. The van der Waals surface area contributed by atoms with Crippen LogP contribution in [-0.2, 0) is 10.0 Å². The lowest BCUT2D eigenvalue weighted by molar-refractivity contribution is 0.102. The molecule has 0 saturated heterocycles. The third-order valence-electron chi connectivity index (χ3n) is 4.94. The van der Waals surface area contributed by atoms with Gasteiger partial charge in [-0.25, -0.2) is 23.1 Å². The molecule has 2 N–H and O–H groups in total. The summed E-state index contributed by atoms with van der Waals surface area (Å²) in [6.45, 7) is 3.70. The molecule has 0 aliphatic heterocycles. The highest BCUT2D eigenvalue weighted by Crippen LogP contribution is 2.29. The number of pyridine rings is 1. The number of carbonyl (C=O) groups is 1. The zero-order valence-corrected chi connectivity index (χ0v) is 19.2. The molecule has 0 saturated carbocycles. The number of carbonyl (C=O) groups excluding carboxylic acids is 1. The number of hydrogen-bond donors (Lipinski definition) is 2. The van der Waals surface area contributed by atoms with Crippen LogP contribution in [0.2, 0.25) is 0 Å². The van der Waals surface area contributed by atoms with Crippen molar-refractivity contribution >= 4 is 43.3 Å². The first-order chi connectivity index (χ1) is 15.4. The molecular weight excluding hydrogens is 444 g/mol. The molecule has 2 aromatic carbocycles. The van der Waals surface area contributed by atoms with E-state index in [4.69, 9.17) is 0 Å². The molecule has 0 radical (unpaired) electrons.